The second-order valence-corrected chi connectivity index (χ2v) is 19.0. The molecule has 0 radical (unpaired) electrons. The number of pyridine rings is 1. The molecule has 0 N–H and O–H groups in total. The van der Waals surface area contributed by atoms with Crippen molar-refractivity contribution in [2.45, 2.75) is 26.2 Å². The summed E-state index contributed by atoms with van der Waals surface area (Å²) in [4.78, 5) is 20.0. The summed E-state index contributed by atoms with van der Waals surface area (Å²) in [5.74, 6) is 3.37. The lowest BCUT2D eigenvalue weighted by atomic mass is 9.88. The van der Waals surface area contributed by atoms with Gasteiger partial charge in [-0.3, -0.25) is 13.7 Å². The Hall–Kier alpha value is -9.79. The second-order valence-electron chi connectivity index (χ2n) is 19.0. The summed E-state index contributed by atoms with van der Waals surface area (Å²) in [7, 11) is 0. The summed E-state index contributed by atoms with van der Waals surface area (Å²) in [5, 5.41) is 1.88. The van der Waals surface area contributed by atoms with Gasteiger partial charge in [0.05, 0.1) is 47.1 Å². The van der Waals surface area contributed by atoms with Crippen molar-refractivity contribution in [3.63, 3.8) is 0 Å². The Bertz CT molecular complexity index is 4670. The van der Waals surface area contributed by atoms with E-state index in [1.165, 1.54) is 0 Å². The molecule has 4 aromatic heterocycles. The minimum Gasteiger partial charge on any atom is -0.458 e. The standard InChI is InChI=1S/C67H49N7O/c1-67(2,3)50-38-39-68-62(41-50)74-58-37-34-49(66-70-64(47-24-12-6-13-25-47)69-65(71-66)48-26-14-7-15-27-48)40-57(58)56-36-35-53(43-61(56)74)75-52-29-18-28-51(42-52)72-44-73(60-33-17-16-32-59(60)72)63-54(45-20-8-4-9-21-45)30-19-31-55(63)46-22-10-5-11-23-46/h4-43H,1-3H3/i4D,5D,8D,9D,10D,11D,20D,21D,22D,23D. The molecule has 0 saturated carbocycles. The molecule has 0 aliphatic rings. The molecule has 13 rings (SSSR count). The summed E-state index contributed by atoms with van der Waals surface area (Å²) in [6.07, 6.45) is 5.30. The van der Waals surface area contributed by atoms with Crippen molar-refractivity contribution in [1.82, 2.24) is 29.1 Å². The van der Waals surface area contributed by atoms with Crippen LogP contribution >= 0.6 is 0 Å². The highest BCUT2D eigenvalue weighted by Gasteiger charge is 2.22. The third kappa shape index (κ3) is 8.48. The first-order valence-corrected chi connectivity index (χ1v) is 24.4. The molecule has 8 nitrogen and oxygen atoms in total. The van der Waals surface area contributed by atoms with Gasteiger partial charge in [0, 0.05) is 39.7 Å². The Morgan fingerprint density at radius 3 is 1.77 bits per heavy atom. The van der Waals surface area contributed by atoms with Gasteiger partial charge in [-0.25, -0.2) is 19.9 Å². The second kappa shape index (κ2) is 18.7. The number of hydrogen-bond donors (Lipinski definition) is 0. The van der Waals surface area contributed by atoms with Crippen LogP contribution in [0.1, 0.15) is 40.0 Å². The Kier molecular flexibility index (Phi) is 8.80. The SMILES string of the molecule is [2H]c1c([2H])c([2H])c(-c2cccc(-c3c([2H])c([2H])c([2H])c([2H])c3[2H])c2-[n+]2[c-]n(-c3cccc(Oc4ccc5c6cc(-c7nc(-c8ccccc8)nc(-c8ccccc8)n7)ccc6n(-c6cc(C(C)(C)C)ccn6)c5c4)c3)c3ccccc32)c([2H])c1[2H]. The maximum Gasteiger partial charge on any atom is 0.269 e. The van der Waals surface area contributed by atoms with E-state index in [1.54, 1.807) is 27.3 Å². The van der Waals surface area contributed by atoms with Gasteiger partial charge < -0.3 is 4.74 Å². The molecule has 0 fully saturated rings. The monoisotopic (exact) mass is 977 g/mol. The van der Waals surface area contributed by atoms with E-state index in [-0.39, 0.29) is 33.4 Å². The van der Waals surface area contributed by atoms with E-state index in [9.17, 15) is 0 Å². The van der Waals surface area contributed by atoms with Gasteiger partial charge in [-0.2, -0.15) is 0 Å². The Balaban J connectivity index is 0.953. The lowest BCUT2D eigenvalue weighted by molar-refractivity contribution is -0.571. The Labute approximate surface area is 449 Å². The number of para-hydroxylation sites is 3. The lowest BCUT2D eigenvalue weighted by Crippen LogP contribution is -2.31. The van der Waals surface area contributed by atoms with Crippen LogP contribution in [0.25, 0.3) is 106 Å². The number of ether oxygens (including phenoxy) is 1. The summed E-state index contributed by atoms with van der Waals surface area (Å²) in [6, 6.07) is 50.3. The van der Waals surface area contributed by atoms with E-state index in [0.717, 1.165) is 49.9 Å². The average molecular weight is 978 g/mol. The van der Waals surface area contributed by atoms with E-state index >= 15 is 0 Å². The van der Waals surface area contributed by atoms with E-state index in [2.05, 4.69) is 49.9 Å². The fraction of sp³-hybridized carbons (Fsp3) is 0.0597. The zero-order valence-corrected chi connectivity index (χ0v) is 40.9. The zero-order chi connectivity index (χ0) is 59.2. The highest BCUT2D eigenvalue weighted by Crippen LogP contribution is 2.39. The molecule has 0 bridgehead atoms. The van der Waals surface area contributed by atoms with Crippen LogP contribution < -0.4 is 9.30 Å². The van der Waals surface area contributed by atoms with Gasteiger partial charge in [-0.05, 0) is 93.9 Å². The van der Waals surface area contributed by atoms with Crippen molar-refractivity contribution >= 4 is 32.8 Å². The Morgan fingerprint density at radius 1 is 0.493 bits per heavy atom. The zero-order valence-electron chi connectivity index (χ0n) is 50.9. The van der Waals surface area contributed by atoms with Gasteiger partial charge in [-0.15, -0.1) is 0 Å². The minimum atomic E-state index is -0.577. The quantitative estimate of drug-likeness (QED) is 0.101. The smallest absolute Gasteiger partial charge is 0.269 e. The average Bonchev–Trinajstić information content (AvgIpc) is 2.48. The van der Waals surface area contributed by atoms with Crippen molar-refractivity contribution in [1.29, 1.82) is 0 Å². The van der Waals surface area contributed by atoms with Crippen molar-refractivity contribution < 1.29 is 23.0 Å². The number of fused-ring (bicyclic) bond motifs is 4. The molecule has 75 heavy (non-hydrogen) atoms. The van der Waals surface area contributed by atoms with Crippen LogP contribution in [0.5, 0.6) is 11.5 Å². The molecule has 8 heteroatoms. The first-order chi connectivity index (χ1) is 40.9. The van der Waals surface area contributed by atoms with E-state index in [1.807, 2.05) is 146 Å². The number of aromatic nitrogens is 7. The Morgan fingerprint density at radius 2 is 1.11 bits per heavy atom. The van der Waals surface area contributed by atoms with Crippen LogP contribution in [0.4, 0.5) is 0 Å². The molecule has 13 aromatic rings. The molecule has 0 unspecified atom stereocenters. The fourth-order valence-corrected chi connectivity index (χ4v) is 9.59. The van der Waals surface area contributed by atoms with Gasteiger partial charge in [0.25, 0.3) is 6.33 Å². The van der Waals surface area contributed by atoms with Gasteiger partial charge in [-0.1, -0.05) is 190 Å². The van der Waals surface area contributed by atoms with E-state index in [0.29, 0.717) is 45.7 Å². The largest absolute Gasteiger partial charge is 0.458 e. The highest BCUT2D eigenvalue weighted by molar-refractivity contribution is 6.10. The highest BCUT2D eigenvalue weighted by atomic mass is 16.5. The van der Waals surface area contributed by atoms with Crippen molar-refractivity contribution in [2.24, 2.45) is 0 Å². The predicted octanol–water partition coefficient (Wildman–Crippen LogP) is 15.8. The fourth-order valence-electron chi connectivity index (χ4n) is 9.59. The number of hydrogen-bond acceptors (Lipinski definition) is 5. The summed E-state index contributed by atoms with van der Waals surface area (Å²) in [5.41, 5.74) is 7.16. The van der Waals surface area contributed by atoms with E-state index in [4.69, 9.17) is 38.4 Å². The maximum atomic E-state index is 9.09. The number of imidazole rings is 1. The lowest BCUT2D eigenvalue weighted by Gasteiger charge is -2.20. The third-order valence-electron chi connectivity index (χ3n) is 13.2. The van der Waals surface area contributed by atoms with Gasteiger partial charge >= 0.3 is 0 Å². The molecule has 0 spiro atoms. The van der Waals surface area contributed by atoms with Crippen LogP contribution in [0, 0.1) is 6.33 Å². The summed E-state index contributed by atoms with van der Waals surface area (Å²) >= 11 is 0. The molecular formula is C67H49N7O. The summed E-state index contributed by atoms with van der Waals surface area (Å²) < 4.78 is 100. The van der Waals surface area contributed by atoms with Gasteiger partial charge in [0.15, 0.2) is 17.5 Å². The van der Waals surface area contributed by atoms with Crippen LogP contribution in [-0.2, 0) is 5.41 Å². The normalized spacial score (nSPS) is 13.5. The topological polar surface area (TPSA) is 74.5 Å². The van der Waals surface area contributed by atoms with Crippen molar-refractivity contribution in [3.8, 4) is 85.1 Å². The molecule has 0 aliphatic heterocycles. The van der Waals surface area contributed by atoms with Crippen LogP contribution in [0.2, 0.25) is 0 Å². The predicted molar refractivity (Wildman–Crippen MR) is 302 cm³/mol. The van der Waals surface area contributed by atoms with Crippen LogP contribution in [-0.4, -0.2) is 29.1 Å². The first-order valence-electron chi connectivity index (χ1n) is 29.4. The van der Waals surface area contributed by atoms with Crippen molar-refractivity contribution in [3.05, 3.63) is 254 Å². The summed E-state index contributed by atoms with van der Waals surface area (Å²) in [6.45, 7) is 6.52. The molecule has 4 heterocycles. The minimum absolute atomic E-state index is 0.143. The van der Waals surface area contributed by atoms with Crippen molar-refractivity contribution in [2.75, 3.05) is 0 Å². The number of rotatable bonds is 10. The molecule has 0 saturated heterocycles. The molecule has 358 valence electrons. The van der Waals surface area contributed by atoms with Crippen LogP contribution in [0.3, 0.4) is 0 Å². The molecule has 0 aliphatic carbocycles. The van der Waals surface area contributed by atoms with Gasteiger partial charge in [0.1, 0.15) is 17.3 Å². The third-order valence-corrected chi connectivity index (χ3v) is 13.2. The van der Waals surface area contributed by atoms with Crippen LogP contribution in [0.15, 0.2) is 243 Å². The van der Waals surface area contributed by atoms with Gasteiger partial charge in [0.2, 0.25) is 0 Å². The maximum absolute atomic E-state index is 9.09. The van der Waals surface area contributed by atoms with E-state index < -0.39 is 60.4 Å². The number of benzene rings is 9. The molecular weight excluding hydrogens is 919 g/mol. The first kappa shape index (κ1) is 35.3. The molecule has 9 aromatic carbocycles. The molecule has 0 amide bonds. The molecule has 0 atom stereocenters. The number of nitrogens with zero attached hydrogens (tertiary/aromatic N) is 7.